The van der Waals surface area contributed by atoms with Crippen LogP contribution in [-0.4, -0.2) is 26.7 Å². The van der Waals surface area contributed by atoms with Gasteiger partial charge in [-0.1, -0.05) is 12.1 Å². The Morgan fingerprint density at radius 1 is 1.47 bits per heavy atom. The number of likely N-dealkylation sites (N-methyl/N-ethyl adjacent to an activating group) is 1. The maximum Gasteiger partial charge on any atom is 0.330 e. The van der Waals surface area contributed by atoms with Crippen LogP contribution in [0, 0.1) is 0 Å². The largest absolute Gasteiger partial charge is 0.497 e. The number of ether oxygens (including phenoxy) is 2. The smallest absolute Gasteiger partial charge is 0.330 e. The summed E-state index contributed by atoms with van der Waals surface area (Å²) in [7, 11) is 3.40. The van der Waals surface area contributed by atoms with Crippen LogP contribution in [-0.2, 0) is 15.1 Å². The first-order valence-electron chi connectivity index (χ1n) is 5.73. The Morgan fingerprint density at radius 3 is 2.94 bits per heavy atom. The zero-order valence-electron chi connectivity index (χ0n) is 10.2. The Balaban J connectivity index is 2.42. The van der Waals surface area contributed by atoms with Gasteiger partial charge in [-0.05, 0) is 37.6 Å². The van der Waals surface area contributed by atoms with Crippen LogP contribution in [0.25, 0.3) is 0 Å². The van der Waals surface area contributed by atoms with Crippen LogP contribution < -0.4 is 10.1 Å². The van der Waals surface area contributed by atoms with Crippen molar-refractivity contribution in [2.75, 3.05) is 20.8 Å². The Hall–Kier alpha value is -1.55. The van der Waals surface area contributed by atoms with E-state index in [9.17, 15) is 4.79 Å². The van der Waals surface area contributed by atoms with Gasteiger partial charge in [0.2, 0.25) is 0 Å². The lowest BCUT2D eigenvalue weighted by Gasteiger charge is -2.35. The van der Waals surface area contributed by atoms with Gasteiger partial charge in [-0.25, -0.2) is 4.79 Å². The summed E-state index contributed by atoms with van der Waals surface area (Å²) in [5.41, 5.74) is 0.163. The van der Waals surface area contributed by atoms with Gasteiger partial charge < -0.3 is 14.8 Å². The Bertz CT molecular complexity index is 419. The number of cyclic esters (lactones) is 1. The minimum atomic E-state index is -0.729. The maximum atomic E-state index is 12.0. The molecule has 1 aromatic carbocycles. The summed E-state index contributed by atoms with van der Waals surface area (Å²) in [6, 6.07) is 7.55. The van der Waals surface area contributed by atoms with E-state index in [1.165, 1.54) is 0 Å². The van der Waals surface area contributed by atoms with Gasteiger partial charge in [0.15, 0.2) is 0 Å². The average Bonchev–Trinajstić information content (AvgIpc) is 2.40. The molecule has 2 rings (SSSR count). The predicted molar refractivity (Wildman–Crippen MR) is 63.9 cm³/mol. The molecule has 1 N–H and O–H groups in total. The Morgan fingerprint density at radius 2 is 2.29 bits per heavy atom. The number of methoxy groups -OCH3 is 1. The fraction of sp³-hybridized carbons (Fsp3) is 0.462. The van der Waals surface area contributed by atoms with Gasteiger partial charge >= 0.3 is 5.97 Å². The number of nitrogens with one attached hydrogen (secondary N) is 1. The summed E-state index contributed by atoms with van der Waals surface area (Å²) in [6.45, 7) is 0.506. The number of rotatable bonds is 3. The van der Waals surface area contributed by atoms with Crippen molar-refractivity contribution in [1.82, 2.24) is 5.32 Å². The third-order valence-corrected chi connectivity index (χ3v) is 3.27. The van der Waals surface area contributed by atoms with Gasteiger partial charge in [0.25, 0.3) is 0 Å². The molecule has 4 heteroatoms. The molecule has 92 valence electrons. The van der Waals surface area contributed by atoms with E-state index in [0.29, 0.717) is 6.61 Å². The SMILES string of the molecule is CN[C@@]1(c2cccc(OC)c2)CCCOC1=O. The van der Waals surface area contributed by atoms with E-state index in [4.69, 9.17) is 9.47 Å². The van der Waals surface area contributed by atoms with E-state index in [0.717, 1.165) is 24.2 Å². The summed E-state index contributed by atoms with van der Waals surface area (Å²) in [5, 5.41) is 3.10. The van der Waals surface area contributed by atoms with Crippen LogP contribution in [0.4, 0.5) is 0 Å². The van der Waals surface area contributed by atoms with Gasteiger partial charge in [-0.15, -0.1) is 0 Å². The monoisotopic (exact) mass is 235 g/mol. The minimum Gasteiger partial charge on any atom is -0.497 e. The van der Waals surface area contributed by atoms with Crippen molar-refractivity contribution < 1.29 is 14.3 Å². The highest BCUT2D eigenvalue weighted by Crippen LogP contribution is 2.32. The lowest BCUT2D eigenvalue weighted by molar-refractivity contribution is -0.157. The van der Waals surface area contributed by atoms with Crippen molar-refractivity contribution in [3.05, 3.63) is 29.8 Å². The number of esters is 1. The molecule has 0 amide bonds. The highest BCUT2D eigenvalue weighted by molar-refractivity contribution is 5.83. The van der Waals surface area contributed by atoms with E-state index in [1.807, 2.05) is 24.3 Å². The molecular formula is C13H17NO3. The quantitative estimate of drug-likeness (QED) is 0.805. The predicted octanol–water partition coefficient (Wildman–Crippen LogP) is 1.45. The van der Waals surface area contributed by atoms with E-state index >= 15 is 0 Å². The molecule has 1 saturated heterocycles. The first kappa shape index (κ1) is 11.9. The van der Waals surface area contributed by atoms with Gasteiger partial charge in [-0.3, -0.25) is 0 Å². The molecular weight excluding hydrogens is 218 g/mol. The minimum absolute atomic E-state index is 0.209. The molecule has 1 heterocycles. The van der Waals surface area contributed by atoms with Gasteiger partial charge in [-0.2, -0.15) is 0 Å². The number of hydrogen-bond acceptors (Lipinski definition) is 4. The molecule has 4 nitrogen and oxygen atoms in total. The molecule has 0 radical (unpaired) electrons. The zero-order valence-corrected chi connectivity index (χ0v) is 10.2. The van der Waals surface area contributed by atoms with Gasteiger partial charge in [0.1, 0.15) is 11.3 Å². The summed E-state index contributed by atoms with van der Waals surface area (Å²) in [6.07, 6.45) is 1.61. The van der Waals surface area contributed by atoms with E-state index in [1.54, 1.807) is 14.2 Å². The van der Waals surface area contributed by atoms with Crippen molar-refractivity contribution in [1.29, 1.82) is 0 Å². The van der Waals surface area contributed by atoms with Crippen molar-refractivity contribution in [2.45, 2.75) is 18.4 Å². The average molecular weight is 235 g/mol. The summed E-state index contributed by atoms with van der Waals surface area (Å²) < 4.78 is 10.4. The molecule has 0 spiro atoms. The van der Waals surface area contributed by atoms with Crippen molar-refractivity contribution in [2.24, 2.45) is 0 Å². The Kier molecular flexibility index (Phi) is 3.33. The second-order valence-corrected chi connectivity index (χ2v) is 4.13. The van der Waals surface area contributed by atoms with Crippen LogP contribution >= 0.6 is 0 Å². The van der Waals surface area contributed by atoms with Crippen LogP contribution in [0.3, 0.4) is 0 Å². The van der Waals surface area contributed by atoms with Gasteiger partial charge in [0, 0.05) is 0 Å². The van der Waals surface area contributed by atoms with Crippen LogP contribution in [0.1, 0.15) is 18.4 Å². The highest BCUT2D eigenvalue weighted by atomic mass is 16.5. The molecule has 1 aliphatic rings. The molecule has 0 saturated carbocycles. The zero-order chi connectivity index (χ0) is 12.3. The van der Waals surface area contributed by atoms with Gasteiger partial charge in [0.05, 0.1) is 13.7 Å². The maximum absolute atomic E-state index is 12.0. The summed E-state index contributed by atoms with van der Waals surface area (Å²) in [4.78, 5) is 12.0. The Labute approximate surface area is 101 Å². The van der Waals surface area contributed by atoms with Crippen LogP contribution in [0.15, 0.2) is 24.3 Å². The normalized spacial score (nSPS) is 24.2. The molecule has 0 unspecified atom stereocenters. The fourth-order valence-corrected chi connectivity index (χ4v) is 2.25. The third kappa shape index (κ3) is 2.00. The lowest BCUT2D eigenvalue weighted by Crippen LogP contribution is -2.51. The van der Waals surface area contributed by atoms with E-state index in [2.05, 4.69) is 5.32 Å². The number of carbonyl (C=O) groups excluding carboxylic acids is 1. The molecule has 1 aliphatic heterocycles. The van der Waals surface area contributed by atoms with Crippen molar-refractivity contribution >= 4 is 5.97 Å². The first-order chi connectivity index (χ1) is 8.23. The number of benzene rings is 1. The van der Waals surface area contributed by atoms with E-state index < -0.39 is 5.54 Å². The number of carbonyl (C=O) groups is 1. The van der Waals surface area contributed by atoms with Crippen molar-refractivity contribution in [3.63, 3.8) is 0 Å². The molecule has 1 fully saturated rings. The molecule has 1 atom stereocenters. The molecule has 0 aliphatic carbocycles. The highest BCUT2D eigenvalue weighted by Gasteiger charge is 2.42. The lowest BCUT2D eigenvalue weighted by atomic mass is 9.84. The second-order valence-electron chi connectivity index (χ2n) is 4.13. The van der Waals surface area contributed by atoms with Crippen LogP contribution in [0.2, 0.25) is 0 Å². The molecule has 0 aromatic heterocycles. The molecule has 1 aromatic rings. The number of hydrogen-bond donors (Lipinski definition) is 1. The summed E-state index contributed by atoms with van der Waals surface area (Å²) >= 11 is 0. The topological polar surface area (TPSA) is 47.6 Å². The fourth-order valence-electron chi connectivity index (χ4n) is 2.25. The van der Waals surface area contributed by atoms with Crippen LogP contribution in [0.5, 0.6) is 5.75 Å². The molecule has 0 bridgehead atoms. The second kappa shape index (κ2) is 4.75. The third-order valence-electron chi connectivity index (χ3n) is 3.27. The summed E-state index contributed by atoms with van der Waals surface area (Å²) in [5.74, 6) is 0.537. The molecule has 17 heavy (non-hydrogen) atoms. The van der Waals surface area contributed by atoms with E-state index in [-0.39, 0.29) is 5.97 Å². The van der Waals surface area contributed by atoms with Crippen molar-refractivity contribution in [3.8, 4) is 5.75 Å². The standard InChI is InChI=1S/C13H17NO3/c1-14-13(7-4-8-17-12(13)15)10-5-3-6-11(9-10)16-2/h3,5-6,9,14H,4,7-8H2,1-2H3/t13-/m1/s1. The first-order valence-corrected chi connectivity index (χ1v) is 5.73.